The Labute approximate surface area is 191 Å². The zero-order valence-electron chi connectivity index (χ0n) is 19.0. The molecule has 0 aromatic heterocycles. The van der Waals surface area contributed by atoms with E-state index < -0.39 is 57.9 Å². The first-order valence-corrected chi connectivity index (χ1v) is 10.8. The first-order chi connectivity index (χ1) is 15.3. The van der Waals surface area contributed by atoms with Crippen molar-refractivity contribution in [3.05, 3.63) is 46.7 Å². The molecule has 0 heterocycles. The summed E-state index contributed by atoms with van der Waals surface area (Å²) in [5.41, 5.74) is -2.41. The maximum atomic E-state index is 13.3. The largest absolute Gasteiger partial charge is 0.508 e. The number of hydrogen-bond acceptors (Lipinski definition) is 9. The molecule has 10 heteroatoms. The quantitative estimate of drug-likeness (QED) is 0.271. The minimum absolute atomic E-state index is 0.104. The average Bonchev–Trinajstić information content (AvgIpc) is 2.70. The summed E-state index contributed by atoms with van der Waals surface area (Å²) >= 11 is 0. The van der Waals surface area contributed by atoms with Gasteiger partial charge in [-0.25, -0.2) is 10.0 Å². The van der Waals surface area contributed by atoms with Crippen LogP contribution in [0.25, 0.3) is 0 Å². The molecule has 0 bridgehead atoms. The van der Waals surface area contributed by atoms with Crippen LogP contribution in [0.4, 0.5) is 0 Å². The normalized spacial score (nSPS) is 30.8. The second-order valence-corrected chi connectivity index (χ2v) is 9.53. The number of carbonyl (C=O) groups is 3. The summed E-state index contributed by atoms with van der Waals surface area (Å²) in [6, 6.07) is 6.83. The van der Waals surface area contributed by atoms with Gasteiger partial charge in [-0.2, -0.15) is 5.12 Å². The first kappa shape index (κ1) is 23.5. The Morgan fingerprint density at radius 3 is 2.21 bits per heavy atom. The monoisotopic (exact) mass is 459 g/mol. The molecular weight excluding hydrogens is 430 g/mol. The molecule has 4 N–H and O–H groups in total. The predicted octanol–water partition coefficient (Wildman–Crippen LogP) is -0.344. The molecule has 1 saturated carbocycles. The van der Waals surface area contributed by atoms with E-state index in [1.165, 1.54) is 10.0 Å². The van der Waals surface area contributed by atoms with Crippen LogP contribution in [0, 0.1) is 17.8 Å². The van der Waals surface area contributed by atoms with Crippen LogP contribution in [0.2, 0.25) is 0 Å². The fraction of sp³-hybridized carbons (Fsp3) is 0.522. The molecule has 1 amide bonds. The lowest BCUT2D eigenvalue weighted by Gasteiger charge is -2.56. The molecule has 3 aliphatic rings. The summed E-state index contributed by atoms with van der Waals surface area (Å²) in [6.07, 6.45) is 0.0895. The van der Waals surface area contributed by atoms with E-state index in [1.54, 1.807) is 52.5 Å². The Bertz CT molecular complexity index is 1060. The van der Waals surface area contributed by atoms with Crippen LogP contribution in [0.1, 0.15) is 28.8 Å². The maximum Gasteiger partial charge on any atom is 0.290 e. The van der Waals surface area contributed by atoms with E-state index in [1.807, 2.05) is 0 Å². The number of benzene rings is 1. The number of Topliss-reactive ketones (excluding diaryl/α,β-unsaturated/α-hetero) is 2. The number of aliphatic hydroxyl groups is 4. The number of ketones is 2. The molecule has 0 radical (unpaired) electrons. The van der Waals surface area contributed by atoms with Gasteiger partial charge in [0, 0.05) is 46.1 Å². The Kier molecular flexibility index (Phi) is 5.50. The zero-order valence-corrected chi connectivity index (χ0v) is 19.0. The van der Waals surface area contributed by atoms with Crippen LogP contribution >= 0.6 is 0 Å². The van der Waals surface area contributed by atoms with Crippen LogP contribution in [0.5, 0.6) is 0 Å². The van der Waals surface area contributed by atoms with Crippen molar-refractivity contribution in [3.8, 4) is 0 Å². The summed E-state index contributed by atoms with van der Waals surface area (Å²) in [5.74, 6) is -9.47. The van der Waals surface area contributed by atoms with Crippen molar-refractivity contribution in [2.45, 2.75) is 30.7 Å². The number of carbonyl (C=O) groups excluding carboxylic acids is 3. The Morgan fingerprint density at radius 1 is 1.00 bits per heavy atom. The molecule has 1 fully saturated rings. The highest BCUT2D eigenvalue weighted by Gasteiger charge is 2.70. The van der Waals surface area contributed by atoms with Gasteiger partial charge in [0.05, 0.1) is 5.92 Å². The zero-order chi connectivity index (χ0) is 24.5. The van der Waals surface area contributed by atoms with Gasteiger partial charge < -0.3 is 20.4 Å². The van der Waals surface area contributed by atoms with Crippen molar-refractivity contribution in [1.82, 2.24) is 15.1 Å². The summed E-state index contributed by atoms with van der Waals surface area (Å²) in [7, 11) is 6.19. The molecular formula is C23H29N3O7. The minimum atomic E-state index is -3.09. The summed E-state index contributed by atoms with van der Waals surface area (Å²) in [6.45, 7) is 0. The summed E-state index contributed by atoms with van der Waals surface area (Å²) < 4.78 is 0. The van der Waals surface area contributed by atoms with Gasteiger partial charge in [0.1, 0.15) is 11.3 Å². The van der Waals surface area contributed by atoms with E-state index in [0.717, 1.165) is 10.7 Å². The van der Waals surface area contributed by atoms with Gasteiger partial charge in [-0.15, -0.1) is 0 Å². The number of hydrogen-bond donors (Lipinski definition) is 4. The van der Waals surface area contributed by atoms with Crippen LogP contribution < -0.4 is 0 Å². The van der Waals surface area contributed by atoms with E-state index >= 15 is 0 Å². The highest BCUT2D eigenvalue weighted by Crippen LogP contribution is 2.56. The molecule has 3 aliphatic carbocycles. The van der Waals surface area contributed by atoms with Gasteiger partial charge >= 0.3 is 0 Å². The van der Waals surface area contributed by atoms with Crippen LogP contribution in [-0.4, -0.2) is 92.6 Å². The number of amides is 1. The molecule has 4 unspecified atom stereocenters. The third-order valence-electron chi connectivity index (χ3n) is 7.15. The molecule has 33 heavy (non-hydrogen) atoms. The molecule has 0 aliphatic heterocycles. The predicted molar refractivity (Wildman–Crippen MR) is 115 cm³/mol. The molecule has 4 atom stereocenters. The highest BCUT2D eigenvalue weighted by molar-refractivity contribution is 6.20. The third-order valence-corrected chi connectivity index (χ3v) is 7.15. The molecule has 10 nitrogen and oxygen atoms in total. The molecule has 4 rings (SSSR count). The van der Waals surface area contributed by atoms with Crippen molar-refractivity contribution in [2.75, 3.05) is 28.2 Å². The molecule has 1 aromatic rings. The number of fused-ring (bicyclic) bond motifs is 3. The fourth-order valence-corrected chi connectivity index (χ4v) is 5.81. The number of rotatable bonds is 3. The molecule has 0 saturated heterocycles. The molecule has 178 valence electrons. The van der Waals surface area contributed by atoms with Gasteiger partial charge in [-0.3, -0.25) is 14.4 Å². The van der Waals surface area contributed by atoms with Gasteiger partial charge in [-0.1, -0.05) is 24.3 Å². The van der Waals surface area contributed by atoms with E-state index in [0.29, 0.717) is 12.0 Å². The van der Waals surface area contributed by atoms with Crippen LogP contribution in [0.3, 0.4) is 0 Å². The smallest absolute Gasteiger partial charge is 0.290 e. The summed E-state index contributed by atoms with van der Waals surface area (Å²) in [4.78, 5) is 39.5. The van der Waals surface area contributed by atoms with Gasteiger partial charge in [0.2, 0.25) is 5.79 Å². The number of nitrogens with zero attached hydrogens (tertiary/aromatic N) is 3. The number of hydrazine groups is 2. The minimum Gasteiger partial charge on any atom is -0.508 e. The van der Waals surface area contributed by atoms with E-state index in [2.05, 4.69) is 0 Å². The lowest BCUT2D eigenvalue weighted by molar-refractivity contribution is -0.329. The van der Waals surface area contributed by atoms with E-state index in [-0.39, 0.29) is 12.8 Å². The second-order valence-electron chi connectivity index (χ2n) is 9.53. The van der Waals surface area contributed by atoms with Crippen molar-refractivity contribution in [1.29, 1.82) is 0 Å². The SMILES string of the molecule is CN(C)N(C(=O)C1=C(O)C2(O)C(CC1=O)CC1Cc3ccccc3C(=O)C1C2(O)O)N(C)C. The van der Waals surface area contributed by atoms with Crippen LogP contribution in [-0.2, 0) is 16.0 Å². The second kappa shape index (κ2) is 7.71. The van der Waals surface area contributed by atoms with E-state index in [9.17, 15) is 34.8 Å². The fourth-order valence-electron chi connectivity index (χ4n) is 5.81. The van der Waals surface area contributed by atoms with Crippen LogP contribution in [0.15, 0.2) is 35.6 Å². The van der Waals surface area contributed by atoms with Gasteiger partial charge in [-0.05, 0) is 24.3 Å². The van der Waals surface area contributed by atoms with Crippen molar-refractivity contribution >= 4 is 17.5 Å². The topological polar surface area (TPSA) is 142 Å². The average molecular weight is 459 g/mol. The standard InChI is InChI=1S/C23H29N3O7/c1-24(2)26(25(3)4)21(30)17-16(27)11-14-10-13-9-12-7-5-6-8-15(12)19(28)18(13)23(32,33)22(14,31)20(17)29/h5-8,13-14,18,29,31-33H,9-11H2,1-4H3. The lowest BCUT2D eigenvalue weighted by atomic mass is 9.53. The van der Waals surface area contributed by atoms with Crippen molar-refractivity contribution < 1.29 is 34.8 Å². The molecule has 1 aromatic carbocycles. The van der Waals surface area contributed by atoms with Gasteiger partial charge in [0.25, 0.3) is 5.91 Å². The Balaban J connectivity index is 1.84. The Morgan fingerprint density at radius 2 is 1.61 bits per heavy atom. The maximum absolute atomic E-state index is 13.3. The number of aliphatic hydroxyl groups excluding tert-OH is 1. The Hall–Kier alpha value is -2.63. The third kappa shape index (κ3) is 3.17. The summed E-state index contributed by atoms with van der Waals surface area (Å²) in [5, 5.41) is 49.0. The first-order valence-electron chi connectivity index (χ1n) is 10.8. The highest BCUT2D eigenvalue weighted by atomic mass is 16.5. The van der Waals surface area contributed by atoms with Crippen molar-refractivity contribution in [2.24, 2.45) is 17.8 Å². The molecule has 0 spiro atoms. The van der Waals surface area contributed by atoms with Gasteiger partial charge in [0.15, 0.2) is 17.2 Å². The van der Waals surface area contributed by atoms with E-state index in [4.69, 9.17) is 0 Å². The van der Waals surface area contributed by atoms with Crippen molar-refractivity contribution in [3.63, 3.8) is 0 Å². The lowest BCUT2D eigenvalue weighted by Crippen LogP contribution is -2.72.